The summed E-state index contributed by atoms with van der Waals surface area (Å²) >= 11 is 1.52. The van der Waals surface area contributed by atoms with Gasteiger partial charge >= 0.3 is 6.03 Å². The molecule has 2 N–H and O–H groups in total. The van der Waals surface area contributed by atoms with Gasteiger partial charge < -0.3 is 15.5 Å². The number of aromatic nitrogens is 2. The second-order valence-corrected chi connectivity index (χ2v) is 9.40. The molecule has 2 aromatic rings. The lowest BCUT2D eigenvalue weighted by molar-refractivity contribution is -0.114. The average molecular weight is 429 g/mol. The van der Waals surface area contributed by atoms with E-state index in [1.807, 2.05) is 36.4 Å². The molecule has 2 fully saturated rings. The number of piperidine rings is 1. The lowest BCUT2D eigenvalue weighted by Crippen LogP contribution is -2.52. The summed E-state index contributed by atoms with van der Waals surface area (Å²) < 4.78 is 0. The first-order valence-electron chi connectivity index (χ1n) is 10.3. The van der Waals surface area contributed by atoms with Crippen LogP contribution in [0.2, 0.25) is 0 Å². The van der Waals surface area contributed by atoms with Crippen molar-refractivity contribution in [1.29, 1.82) is 0 Å². The van der Waals surface area contributed by atoms with Crippen LogP contribution in [-0.2, 0) is 11.3 Å². The summed E-state index contributed by atoms with van der Waals surface area (Å²) in [6, 6.07) is 4.26. The van der Waals surface area contributed by atoms with Crippen LogP contribution < -0.4 is 10.6 Å². The van der Waals surface area contributed by atoms with Crippen molar-refractivity contribution in [2.24, 2.45) is 0 Å². The molecule has 3 amide bonds. The van der Waals surface area contributed by atoms with Gasteiger partial charge in [-0.2, -0.15) is 0 Å². The summed E-state index contributed by atoms with van der Waals surface area (Å²) in [7, 11) is 0. The van der Waals surface area contributed by atoms with Crippen LogP contribution in [0.3, 0.4) is 0 Å². The monoisotopic (exact) mass is 428 g/mol. The number of nitrogens with one attached hydrogen (secondary N) is 2. The minimum Gasteiger partial charge on any atom is -0.331 e. The molecule has 9 heteroatoms. The van der Waals surface area contributed by atoms with Crippen LogP contribution in [0.1, 0.15) is 48.9 Å². The highest BCUT2D eigenvalue weighted by Gasteiger charge is 2.44. The fourth-order valence-corrected chi connectivity index (χ4v) is 5.16. The van der Waals surface area contributed by atoms with E-state index in [0.717, 1.165) is 48.6 Å². The molecule has 8 nitrogen and oxygen atoms in total. The molecule has 0 aliphatic carbocycles. The highest BCUT2D eigenvalue weighted by atomic mass is 32.1. The number of carbonyl (C=O) groups is 2. The van der Waals surface area contributed by atoms with Gasteiger partial charge in [0.25, 0.3) is 0 Å². The van der Waals surface area contributed by atoms with Gasteiger partial charge in [0, 0.05) is 62.1 Å². The number of urea groups is 1. The van der Waals surface area contributed by atoms with Crippen molar-refractivity contribution in [3.05, 3.63) is 40.7 Å². The number of rotatable bonds is 5. The van der Waals surface area contributed by atoms with Crippen molar-refractivity contribution >= 4 is 28.4 Å². The summed E-state index contributed by atoms with van der Waals surface area (Å²) in [6.07, 6.45) is 5.54. The molecule has 2 saturated heterocycles. The van der Waals surface area contributed by atoms with Crippen LogP contribution in [0.15, 0.2) is 24.5 Å². The summed E-state index contributed by atoms with van der Waals surface area (Å²) in [5, 5.41) is 6.65. The van der Waals surface area contributed by atoms with Gasteiger partial charge in [0.15, 0.2) is 5.13 Å². The van der Waals surface area contributed by atoms with E-state index >= 15 is 0 Å². The normalized spacial score (nSPS) is 19.7. The quantitative estimate of drug-likeness (QED) is 0.764. The van der Waals surface area contributed by atoms with E-state index in [4.69, 9.17) is 0 Å². The first-order valence-corrected chi connectivity index (χ1v) is 11.1. The minimum absolute atomic E-state index is 0.0134. The number of thiazole rings is 1. The fourth-order valence-electron chi connectivity index (χ4n) is 4.21. The van der Waals surface area contributed by atoms with Gasteiger partial charge in [-0.3, -0.25) is 14.7 Å². The van der Waals surface area contributed by atoms with Crippen LogP contribution in [0, 0.1) is 6.92 Å². The van der Waals surface area contributed by atoms with E-state index in [1.165, 1.54) is 18.3 Å². The van der Waals surface area contributed by atoms with E-state index in [9.17, 15) is 9.59 Å². The third-order valence-corrected chi connectivity index (χ3v) is 7.10. The van der Waals surface area contributed by atoms with Crippen LogP contribution in [0.5, 0.6) is 0 Å². The van der Waals surface area contributed by atoms with Crippen molar-refractivity contribution < 1.29 is 9.59 Å². The Morgan fingerprint density at radius 3 is 2.73 bits per heavy atom. The predicted molar refractivity (Wildman–Crippen MR) is 116 cm³/mol. The maximum atomic E-state index is 12.6. The zero-order valence-electron chi connectivity index (χ0n) is 17.6. The smallest absolute Gasteiger partial charge is 0.318 e. The first kappa shape index (κ1) is 20.7. The molecule has 2 aliphatic heterocycles. The van der Waals surface area contributed by atoms with Crippen molar-refractivity contribution in [3.8, 4) is 0 Å². The molecule has 0 radical (unpaired) electrons. The molecule has 1 atom stereocenters. The Balaban J connectivity index is 1.34. The van der Waals surface area contributed by atoms with E-state index in [-0.39, 0.29) is 23.5 Å². The highest BCUT2D eigenvalue weighted by Crippen LogP contribution is 2.34. The molecule has 30 heavy (non-hydrogen) atoms. The summed E-state index contributed by atoms with van der Waals surface area (Å²) in [4.78, 5) is 37.9. The molecular formula is C21H28N6O2S. The number of anilines is 1. The topological polar surface area (TPSA) is 90.5 Å². The SMILES string of the molecule is CC(=O)Nc1ncc(C(C)N2CCC3(CC2)CN(Cc2ccc(C)nc2)C(=O)N3)s1. The first-order chi connectivity index (χ1) is 14.3. The Labute approximate surface area is 180 Å². The summed E-state index contributed by atoms with van der Waals surface area (Å²) in [5.74, 6) is -0.105. The molecule has 160 valence electrons. The van der Waals surface area contributed by atoms with Gasteiger partial charge in [-0.15, -0.1) is 11.3 Å². The number of hydrogen-bond acceptors (Lipinski definition) is 6. The van der Waals surface area contributed by atoms with Crippen LogP contribution >= 0.6 is 11.3 Å². The third kappa shape index (κ3) is 4.46. The van der Waals surface area contributed by atoms with Crippen molar-refractivity contribution in [2.45, 2.75) is 51.7 Å². The zero-order valence-corrected chi connectivity index (χ0v) is 18.5. The number of aryl methyl sites for hydroxylation is 1. The second kappa shape index (κ2) is 8.31. The van der Waals surface area contributed by atoms with Gasteiger partial charge in [-0.1, -0.05) is 6.07 Å². The Kier molecular flexibility index (Phi) is 5.75. The van der Waals surface area contributed by atoms with Gasteiger partial charge in [0.2, 0.25) is 5.91 Å². The molecule has 4 rings (SSSR count). The molecule has 0 bridgehead atoms. The molecule has 4 heterocycles. The Morgan fingerprint density at radius 1 is 1.30 bits per heavy atom. The number of amides is 3. The van der Waals surface area contributed by atoms with Gasteiger partial charge in [-0.25, -0.2) is 9.78 Å². The molecule has 0 aromatic carbocycles. The molecule has 2 aliphatic rings. The van der Waals surface area contributed by atoms with Crippen molar-refractivity contribution in [1.82, 2.24) is 25.1 Å². The molecule has 1 unspecified atom stereocenters. The van der Waals surface area contributed by atoms with Gasteiger partial charge in [0.1, 0.15) is 0 Å². The maximum absolute atomic E-state index is 12.6. The zero-order chi connectivity index (χ0) is 21.3. The van der Waals surface area contributed by atoms with Gasteiger partial charge in [0.05, 0.1) is 5.54 Å². The summed E-state index contributed by atoms with van der Waals surface area (Å²) in [5.41, 5.74) is 1.88. The van der Waals surface area contributed by atoms with Crippen molar-refractivity contribution in [2.75, 3.05) is 25.0 Å². The number of pyridine rings is 1. The largest absolute Gasteiger partial charge is 0.331 e. The minimum atomic E-state index is -0.152. The Hall–Kier alpha value is -2.52. The summed E-state index contributed by atoms with van der Waals surface area (Å²) in [6.45, 7) is 8.77. The van der Waals surface area contributed by atoms with Crippen LogP contribution in [-0.4, -0.2) is 56.9 Å². The van der Waals surface area contributed by atoms with Crippen molar-refractivity contribution in [3.63, 3.8) is 0 Å². The number of carbonyl (C=O) groups excluding carboxylic acids is 2. The van der Waals surface area contributed by atoms with E-state index in [1.54, 1.807) is 0 Å². The van der Waals surface area contributed by atoms with E-state index in [2.05, 4.69) is 32.4 Å². The number of nitrogens with zero attached hydrogens (tertiary/aromatic N) is 4. The molecular weight excluding hydrogens is 400 g/mol. The van der Waals surface area contributed by atoms with Gasteiger partial charge in [-0.05, 0) is 38.3 Å². The standard InChI is InChI=1S/C21H28N6O2S/c1-14-4-5-17(10-22-14)12-27-13-21(25-20(27)29)6-8-26(9-7-21)15(2)18-11-23-19(30-18)24-16(3)28/h4-5,10-11,15H,6-9,12-13H2,1-3H3,(H,25,29)(H,23,24,28). The molecule has 1 spiro atoms. The van der Waals surface area contributed by atoms with E-state index < -0.39 is 0 Å². The number of likely N-dealkylation sites (tertiary alicyclic amines) is 1. The van der Waals surface area contributed by atoms with Crippen LogP contribution in [0.4, 0.5) is 9.93 Å². The second-order valence-electron chi connectivity index (χ2n) is 8.34. The molecule has 2 aromatic heterocycles. The number of hydrogen-bond donors (Lipinski definition) is 2. The predicted octanol–water partition coefficient (Wildman–Crippen LogP) is 2.93. The fraction of sp³-hybridized carbons (Fsp3) is 0.524. The lowest BCUT2D eigenvalue weighted by atomic mass is 9.87. The third-order valence-electron chi connectivity index (χ3n) is 6.02. The Morgan fingerprint density at radius 2 is 2.07 bits per heavy atom. The lowest BCUT2D eigenvalue weighted by Gasteiger charge is -2.41. The molecule has 0 saturated carbocycles. The van der Waals surface area contributed by atoms with E-state index in [0.29, 0.717) is 11.7 Å². The van der Waals surface area contributed by atoms with Crippen LogP contribution in [0.25, 0.3) is 0 Å². The average Bonchev–Trinajstić information content (AvgIpc) is 3.28. The maximum Gasteiger partial charge on any atom is 0.318 e. The highest BCUT2D eigenvalue weighted by molar-refractivity contribution is 7.15. The Bertz CT molecular complexity index is 920.